The lowest BCUT2D eigenvalue weighted by molar-refractivity contribution is 0.558. The van der Waals surface area contributed by atoms with E-state index < -0.39 is 0 Å². The average molecular weight is 417 g/mol. The van der Waals surface area contributed by atoms with Crippen molar-refractivity contribution >= 4 is 43.2 Å². The molecule has 1 heterocycles. The second-order valence-electron chi connectivity index (χ2n) is 4.75. The predicted molar refractivity (Wildman–Crippen MR) is 95.7 cm³/mol. The van der Waals surface area contributed by atoms with E-state index in [1.54, 1.807) is 11.3 Å². The molecule has 0 saturated heterocycles. The van der Waals surface area contributed by atoms with Gasteiger partial charge in [-0.1, -0.05) is 38.1 Å². The van der Waals surface area contributed by atoms with Crippen LogP contribution >= 0.6 is 43.2 Å². The first-order valence-corrected chi connectivity index (χ1v) is 9.30. The van der Waals surface area contributed by atoms with E-state index in [1.165, 1.54) is 16.0 Å². The normalized spacial score (nSPS) is 12.6. The molecule has 0 saturated carbocycles. The van der Waals surface area contributed by atoms with Crippen LogP contribution < -0.4 is 5.32 Å². The van der Waals surface area contributed by atoms with Crippen LogP contribution in [0.3, 0.4) is 0 Å². The van der Waals surface area contributed by atoms with Crippen LogP contribution in [0.25, 0.3) is 0 Å². The summed E-state index contributed by atoms with van der Waals surface area (Å²) in [6.45, 7) is 5.33. The lowest BCUT2D eigenvalue weighted by atomic mass is 10.0. The van der Waals surface area contributed by atoms with Gasteiger partial charge in [-0.25, -0.2) is 0 Å². The van der Waals surface area contributed by atoms with Crippen LogP contribution in [0, 0.1) is 0 Å². The van der Waals surface area contributed by atoms with Gasteiger partial charge in [0.2, 0.25) is 0 Å². The summed E-state index contributed by atoms with van der Waals surface area (Å²) in [5, 5.41) is 3.59. The number of rotatable bonds is 6. The Morgan fingerprint density at radius 2 is 1.75 bits per heavy atom. The molecule has 1 aromatic heterocycles. The molecule has 0 aliphatic carbocycles. The summed E-state index contributed by atoms with van der Waals surface area (Å²) in [6.07, 6.45) is 2.12. The summed E-state index contributed by atoms with van der Waals surface area (Å²) in [5.41, 5.74) is 2.78. The van der Waals surface area contributed by atoms with Crippen molar-refractivity contribution in [2.24, 2.45) is 0 Å². The summed E-state index contributed by atoms with van der Waals surface area (Å²) in [4.78, 5) is 1.37. The molecule has 0 radical (unpaired) electrons. The zero-order chi connectivity index (χ0) is 14.5. The molecule has 0 bridgehead atoms. The Labute approximate surface area is 142 Å². The third-order valence-electron chi connectivity index (χ3n) is 3.33. The second kappa shape index (κ2) is 7.74. The zero-order valence-corrected chi connectivity index (χ0v) is 15.7. The maximum atomic E-state index is 3.59. The van der Waals surface area contributed by atoms with Crippen LogP contribution in [0.1, 0.15) is 35.9 Å². The SMILES string of the molecule is CCNC(Cc1ccc(CC)cc1)c1cc(Br)c(Br)s1. The van der Waals surface area contributed by atoms with E-state index in [0.717, 1.165) is 27.6 Å². The van der Waals surface area contributed by atoms with E-state index in [2.05, 4.69) is 81.4 Å². The van der Waals surface area contributed by atoms with Crippen LogP contribution in [-0.4, -0.2) is 6.54 Å². The van der Waals surface area contributed by atoms with Gasteiger partial charge in [0, 0.05) is 15.4 Å². The highest BCUT2D eigenvalue weighted by molar-refractivity contribution is 9.13. The van der Waals surface area contributed by atoms with Crippen LogP contribution in [0.2, 0.25) is 0 Å². The van der Waals surface area contributed by atoms with Crippen molar-refractivity contribution in [1.82, 2.24) is 5.32 Å². The molecule has 20 heavy (non-hydrogen) atoms. The molecule has 0 fully saturated rings. The molecule has 1 atom stereocenters. The van der Waals surface area contributed by atoms with Gasteiger partial charge < -0.3 is 5.32 Å². The van der Waals surface area contributed by atoms with Crippen LogP contribution in [0.4, 0.5) is 0 Å². The first-order valence-electron chi connectivity index (χ1n) is 6.90. The fraction of sp³-hybridized carbons (Fsp3) is 0.375. The molecule has 0 amide bonds. The van der Waals surface area contributed by atoms with Gasteiger partial charge in [0.05, 0.1) is 3.79 Å². The van der Waals surface area contributed by atoms with Crippen LogP contribution in [0.5, 0.6) is 0 Å². The average Bonchev–Trinajstić information content (AvgIpc) is 2.79. The minimum Gasteiger partial charge on any atom is -0.309 e. The Morgan fingerprint density at radius 1 is 1.10 bits per heavy atom. The maximum Gasteiger partial charge on any atom is 0.0843 e. The third kappa shape index (κ3) is 4.17. The van der Waals surface area contributed by atoms with Gasteiger partial charge in [0.1, 0.15) is 0 Å². The van der Waals surface area contributed by atoms with E-state index in [4.69, 9.17) is 0 Å². The molecule has 0 aliphatic rings. The van der Waals surface area contributed by atoms with Crippen molar-refractivity contribution in [1.29, 1.82) is 0 Å². The monoisotopic (exact) mass is 415 g/mol. The number of hydrogen-bond acceptors (Lipinski definition) is 2. The molecule has 0 spiro atoms. The molecular formula is C16H19Br2NS. The standard InChI is InChI=1S/C16H19Br2NS/c1-3-11-5-7-12(8-6-11)9-14(19-4-2)15-10-13(17)16(18)20-15/h5-8,10,14,19H,3-4,9H2,1-2H3. The molecule has 2 aromatic rings. The van der Waals surface area contributed by atoms with Gasteiger partial charge in [0.15, 0.2) is 0 Å². The van der Waals surface area contributed by atoms with Gasteiger partial charge >= 0.3 is 0 Å². The molecule has 1 N–H and O–H groups in total. The number of benzene rings is 1. The van der Waals surface area contributed by atoms with Crippen molar-refractivity contribution in [2.45, 2.75) is 32.7 Å². The molecule has 2 rings (SSSR count). The smallest absolute Gasteiger partial charge is 0.0843 e. The minimum atomic E-state index is 0.375. The zero-order valence-electron chi connectivity index (χ0n) is 11.7. The minimum absolute atomic E-state index is 0.375. The Bertz CT molecular complexity index is 529. The van der Waals surface area contributed by atoms with E-state index in [-0.39, 0.29) is 0 Å². The molecule has 4 heteroatoms. The lowest BCUT2D eigenvalue weighted by Gasteiger charge is -2.16. The Balaban J connectivity index is 2.15. The summed E-state index contributed by atoms with van der Waals surface area (Å²) in [6, 6.07) is 11.6. The largest absolute Gasteiger partial charge is 0.309 e. The van der Waals surface area contributed by atoms with Crippen LogP contribution in [-0.2, 0) is 12.8 Å². The lowest BCUT2D eigenvalue weighted by Crippen LogP contribution is -2.22. The quantitative estimate of drug-likeness (QED) is 0.633. The summed E-state index contributed by atoms with van der Waals surface area (Å²) >= 11 is 8.96. The fourth-order valence-electron chi connectivity index (χ4n) is 2.20. The van der Waals surface area contributed by atoms with E-state index in [9.17, 15) is 0 Å². The summed E-state index contributed by atoms with van der Waals surface area (Å²) in [5.74, 6) is 0. The highest BCUT2D eigenvalue weighted by Gasteiger charge is 2.15. The van der Waals surface area contributed by atoms with Gasteiger partial charge in [-0.3, -0.25) is 0 Å². The first-order chi connectivity index (χ1) is 9.63. The molecule has 0 aliphatic heterocycles. The van der Waals surface area contributed by atoms with Crippen LogP contribution in [0.15, 0.2) is 38.6 Å². The fourth-order valence-corrected chi connectivity index (χ4v) is 4.37. The van der Waals surface area contributed by atoms with Crippen molar-refractivity contribution in [2.75, 3.05) is 6.54 Å². The van der Waals surface area contributed by atoms with Gasteiger partial charge in [0.25, 0.3) is 0 Å². The Morgan fingerprint density at radius 3 is 2.25 bits per heavy atom. The number of thiophene rings is 1. The van der Waals surface area contributed by atoms with E-state index in [0.29, 0.717) is 6.04 Å². The molecule has 108 valence electrons. The second-order valence-corrected chi connectivity index (χ2v) is 8.01. The molecule has 1 aromatic carbocycles. The topological polar surface area (TPSA) is 12.0 Å². The molecule has 1 nitrogen and oxygen atoms in total. The molecular weight excluding hydrogens is 398 g/mol. The molecule has 1 unspecified atom stereocenters. The highest BCUT2D eigenvalue weighted by atomic mass is 79.9. The van der Waals surface area contributed by atoms with Gasteiger partial charge in [-0.2, -0.15) is 0 Å². The van der Waals surface area contributed by atoms with E-state index in [1.807, 2.05) is 0 Å². The highest BCUT2D eigenvalue weighted by Crippen LogP contribution is 2.36. The number of hydrogen-bond donors (Lipinski definition) is 1. The first kappa shape index (κ1) is 16.2. The van der Waals surface area contributed by atoms with Crippen molar-refractivity contribution < 1.29 is 0 Å². The summed E-state index contributed by atoms with van der Waals surface area (Å²) < 4.78 is 2.30. The number of aryl methyl sites for hydroxylation is 1. The number of nitrogens with one attached hydrogen (secondary N) is 1. The number of halogens is 2. The van der Waals surface area contributed by atoms with Gasteiger partial charge in [-0.15, -0.1) is 11.3 Å². The van der Waals surface area contributed by atoms with E-state index >= 15 is 0 Å². The van der Waals surface area contributed by atoms with Gasteiger partial charge in [-0.05, 0) is 68.4 Å². The third-order valence-corrected chi connectivity index (χ3v) is 6.70. The predicted octanol–water partition coefficient (Wildman–Crippen LogP) is 5.73. The van der Waals surface area contributed by atoms with Crippen molar-refractivity contribution in [3.05, 3.63) is 54.6 Å². The number of likely N-dealkylation sites (N-methyl/N-ethyl adjacent to an activating group) is 1. The Kier molecular flexibility index (Phi) is 6.27. The Hall–Kier alpha value is -0.160. The van der Waals surface area contributed by atoms with Crippen molar-refractivity contribution in [3.63, 3.8) is 0 Å². The maximum absolute atomic E-state index is 3.59. The van der Waals surface area contributed by atoms with Crippen molar-refractivity contribution in [3.8, 4) is 0 Å². The summed E-state index contributed by atoms with van der Waals surface area (Å²) in [7, 11) is 0.